The van der Waals surface area contributed by atoms with Gasteiger partial charge in [0.2, 0.25) is 0 Å². The van der Waals surface area contributed by atoms with Crippen LogP contribution in [0.25, 0.3) is 0 Å². The summed E-state index contributed by atoms with van der Waals surface area (Å²) < 4.78 is 0. The molecule has 0 aliphatic carbocycles. The average molecular weight is 364 g/mol. The molecule has 2 aromatic carbocycles. The van der Waals surface area contributed by atoms with Crippen molar-refractivity contribution in [2.75, 3.05) is 13.1 Å². The van der Waals surface area contributed by atoms with Crippen LogP contribution in [0.15, 0.2) is 48.5 Å². The fourth-order valence-corrected chi connectivity index (χ4v) is 4.76. The van der Waals surface area contributed by atoms with Gasteiger partial charge in [-0.05, 0) is 74.6 Å². The Hall–Kier alpha value is -1.60. The van der Waals surface area contributed by atoms with Crippen molar-refractivity contribution in [1.29, 1.82) is 0 Å². The summed E-state index contributed by atoms with van der Waals surface area (Å²) in [5, 5.41) is 0. The van der Waals surface area contributed by atoms with E-state index in [0.717, 1.165) is 18.4 Å². The fraction of sp³-hybridized carbons (Fsp3) is 0.538. The second-order valence-corrected chi connectivity index (χ2v) is 8.65. The number of aryl methyl sites for hydroxylation is 2. The molecular weight excluding hydrogens is 326 g/mol. The highest BCUT2D eigenvalue weighted by atomic mass is 15.1. The Morgan fingerprint density at radius 2 is 1.85 bits per heavy atom. The van der Waals surface area contributed by atoms with E-state index < -0.39 is 0 Å². The van der Waals surface area contributed by atoms with Crippen LogP contribution in [0.1, 0.15) is 73.6 Å². The minimum atomic E-state index is 0.754. The minimum Gasteiger partial charge on any atom is -0.299 e. The van der Waals surface area contributed by atoms with Crippen molar-refractivity contribution >= 4 is 0 Å². The molecule has 0 radical (unpaired) electrons. The molecule has 1 saturated heterocycles. The van der Waals surface area contributed by atoms with E-state index in [-0.39, 0.29) is 0 Å². The highest BCUT2D eigenvalue weighted by molar-refractivity contribution is 5.30. The maximum Gasteiger partial charge on any atom is 0.0236 e. The van der Waals surface area contributed by atoms with Crippen LogP contribution in [0.2, 0.25) is 0 Å². The average Bonchev–Trinajstić information content (AvgIpc) is 3.11. The van der Waals surface area contributed by atoms with Gasteiger partial charge >= 0.3 is 0 Å². The van der Waals surface area contributed by atoms with E-state index in [0.29, 0.717) is 0 Å². The molecule has 0 saturated carbocycles. The van der Waals surface area contributed by atoms with Gasteiger partial charge in [-0.15, -0.1) is 0 Å². The molecule has 0 amide bonds. The predicted octanol–water partition coefficient (Wildman–Crippen LogP) is 6.88. The summed E-state index contributed by atoms with van der Waals surface area (Å²) in [5.74, 6) is 1.65. The topological polar surface area (TPSA) is 3.24 Å². The molecule has 3 rings (SSSR count). The standard InChI is InChI=1S/C26H37N/c1-4-9-24(25-11-6-5-7-12-25)13-8-10-23-16-17-27(19-23)20-26-15-14-21(2)18-22(26)3/h5-7,11-12,14-15,18,23-24H,4,8-10,13,16-17,19-20H2,1-3H3. The Bertz CT molecular complexity index is 691. The first-order valence-electron chi connectivity index (χ1n) is 11.0. The zero-order chi connectivity index (χ0) is 19.1. The molecule has 27 heavy (non-hydrogen) atoms. The van der Waals surface area contributed by atoms with Gasteiger partial charge in [-0.25, -0.2) is 0 Å². The van der Waals surface area contributed by atoms with Gasteiger partial charge in [-0.2, -0.15) is 0 Å². The zero-order valence-corrected chi connectivity index (χ0v) is 17.6. The van der Waals surface area contributed by atoms with Crippen molar-refractivity contribution in [3.8, 4) is 0 Å². The van der Waals surface area contributed by atoms with Gasteiger partial charge in [-0.3, -0.25) is 4.90 Å². The summed E-state index contributed by atoms with van der Waals surface area (Å²) in [6, 6.07) is 18.1. The minimum absolute atomic E-state index is 0.754. The summed E-state index contributed by atoms with van der Waals surface area (Å²) in [7, 11) is 0. The van der Waals surface area contributed by atoms with Crippen LogP contribution in [-0.2, 0) is 6.54 Å². The first-order valence-corrected chi connectivity index (χ1v) is 11.0. The van der Waals surface area contributed by atoms with Crippen LogP contribution in [0.5, 0.6) is 0 Å². The highest BCUT2D eigenvalue weighted by Gasteiger charge is 2.23. The third-order valence-corrected chi connectivity index (χ3v) is 6.34. The summed E-state index contributed by atoms with van der Waals surface area (Å²) >= 11 is 0. The van der Waals surface area contributed by atoms with Gasteiger partial charge in [0.15, 0.2) is 0 Å². The van der Waals surface area contributed by atoms with Crippen LogP contribution in [0, 0.1) is 19.8 Å². The van der Waals surface area contributed by atoms with Crippen LogP contribution >= 0.6 is 0 Å². The maximum atomic E-state index is 2.67. The molecule has 1 fully saturated rings. The predicted molar refractivity (Wildman–Crippen MR) is 117 cm³/mol. The lowest BCUT2D eigenvalue weighted by Crippen LogP contribution is -2.20. The van der Waals surface area contributed by atoms with Gasteiger partial charge < -0.3 is 0 Å². The van der Waals surface area contributed by atoms with E-state index in [9.17, 15) is 0 Å². The number of rotatable bonds is 9. The molecule has 1 heteroatoms. The number of hydrogen-bond donors (Lipinski definition) is 0. The summed E-state index contributed by atoms with van der Waals surface area (Å²) in [5.41, 5.74) is 5.87. The van der Waals surface area contributed by atoms with Crippen LogP contribution in [0.3, 0.4) is 0 Å². The molecule has 1 aliphatic rings. The number of likely N-dealkylation sites (tertiary alicyclic amines) is 1. The molecule has 0 bridgehead atoms. The Morgan fingerprint density at radius 3 is 2.59 bits per heavy atom. The third kappa shape index (κ3) is 5.94. The molecular formula is C26H37N. The largest absolute Gasteiger partial charge is 0.299 e. The fourth-order valence-electron chi connectivity index (χ4n) is 4.76. The third-order valence-electron chi connectivity index (χ3n) is 6.34. The second kappa shape index (κ2) is 10.1. The lowest BCUT2D eigenvalue weighted by molar-refractivity contribution is 0.310. The molecule has 2 unspecified atom stereocenters. The van der Waals surface area contributed by atoms with Crippen molar-refractivity contribution in [1.82, 2.24) is 4.90 Å². The molecule has 1 nitrogen and oxygen atoms in total. The molecule has 0 aromatic heterocycles. The first kappa shape index (κ1) is 20.1. The van der Waals surface area contributed by atoms with Gasteiger partial charge in [-0.1, -0.05) is 73.9 Å². The summed E-state index contributed by atoms with van der Waals surface area (Å²) in [4.78, 5) is 2.67. The lowest BCUT2D eigenvalue weighted by atomic mass is 9.88. The Kier molecular flexibility index (Phi) is 7.52. The molecule has 0 spiro atoms. The SMILES string of the molecule is CCCC(CCCC1CCN(Cc2ccc(C)cc2C)C1)c1ccccc1. The van der Waals surface area contributed by atoms with E-state index in [4.69, 9.17) is 0 Å². The van der Waals surface area contributed by atoms with Crippen LogP contribution < -0.4 is 0 Å². The number of hydrogen-bond acceptors (Lipinski definition) is 1. The smallest absolute Gasteiger partial charge is 0.0236 e. The van der Waals surface area contributed by atoms with Crippen molar-refractivity contribution in [2.24, 2.45) is 5.92 Å². The van der Waals surface area contributed by atoms with Crippen LogP contribution in [0.4, 0.5) is 0 Å². The van der Waals surface area contributed by atoms with Gasteiger partial charge in [0.25, 0.3) is 0 Å². The molecule has 1 aliphatic heterocycles. The normalized spacial score (nSPS) is 18.7. The van der Waals surface area contributed by atoms with Gasteiger partial charge in [0.1, 0.15) is 0 Å². The van der Waals surface area contributed by atoms with Crippen molar-refractivity contribution in [3.63, 3.8) is 0 Å². The second-order valence-electron chi connectivity index (χ2n) is 8.65. The number of nitrogens with zero attached hydrogens (tertiary/aromatic N) is 1. The van der Waals surface area contributed by atoms with Crippen LogP contribution in [-0.4, -0.2) is 18.0 Å². The van der Waals surface area contributed by atoms with Gasteiger partial charge in [0.05, 0.1) is 0 Å². The molecule has 146 valence electrons. The molecule has 0 N–H and O–H groups in total. The summed E-state index contributed by atoms with van der Waals surface area (Å²) in [6.07, 6.45) is 8.12. The van der Waals surface area contributed by atoms with E-state index >= 15 is 0 Å². The quantitative estimate of drug-likeness (QED) is 0.469. The maximum absolute atomic E-state index is 2.67. The molecule has 1 heterocycles. The van der Waals surface area contributed by atoms with Crippen molar-refractivity contribution < 1.29 is 0 Å². The van der Waals surface area contributed by atoms with Crippen molar-refractivity contribution in [3.05, 3.63) is 70.8 Å². The Labute approximate surface area is 166 Å². The Balaban J connectivity index is 1.44. The summed E-state index contributed by atoms with van der Waals surface area (Å²) in [6.45, 7) is 10.5. The molecule has 2 aromatic rings. The lowest BCUT2D eigenvalue weighted by Gasteiger charge is -2.19. The highest BCUT2D eigenvalue weighted by Crippen LogP contribution is 2.30. The monoisotopic (exact) mass is 363 g/mol. The van der Waals surface area contributed by atoms with Crippen molar-refractivity contribution in [2.45, 2.75) is 71.8 Å². The number of benzene rings is 2. The molecule has 2 atom stereocenters. The van der Waals surface area contributed by atoms with E-state index in [1.54, 1.807) is 5.56 Å². The van der Waals surface area contributed by atoms with E-state index in [2.05, 4.69) is 74.2 Å². The van der Waals surface area contributed by atoms with E-state index in [1.807, 2.05) is 0 Å². The van der Waals surface area contributed by atoms with Gasteiger partial charge in [0, 0.05) is 13.1 Å². The first-order chi connectivity index (χ1) is 13.2. The Morgan fingerprint density at radius 1 is 1.04 bits per heavy atom. The zero-order valence-electron chi connectivity index (χ0n) is 17.6. The van der Waals surface area contributed by atoms with E-state index in [1.165, 1.54) is 68.3 Å².